The first-order valence-electron chi connectivity index (χ1n) is 18.7. The van der Waals surface area contributed by atoms with E-state index in [0.717, 1.165) is 64.1 Å². The molecule has 2 aliphatic carbocycles. The summed E-state index contributed by atoms with van der Waals surface area (Å²) in [5.74, 6) is 3.61. The number of benzene rings is 4. The van der Waals surface area contributed by atoms with Gasteiger partial charge < -0.3 is 4.90 Å². The normalized spacial score (nSPS) is 16.3. The highest BCUT2D eigenvalue weighted by atomic mass is 32.1. The van der Waals surface area contributed by atoms with Crippen molar-refractivity contribution in [3.63, 3.8) is 0 Å². The van der Waals surface area contributed by atoms with Crippen LogP contribution in [0.5, 0.6) is 0 Å². The molecule has 2 aromatic heterocycles. The molecule has 2 atom stereocenters. The van der Waals surface area contributed by atoms with Crippen molar-refractivity contribution in [1.82, 2.24) is 4.90 Å². The Labute approximate surface area is 327 Å². The molecule has 0 saturated carbocycles. The molecule has 2 unspecified atom stereocenters. The zero-order valence-corrected chi connectivity index (χ0v) is 33.0. The summed E-state index contributed by atoms with van der Waals surface area (Å²) in [7, 11) is 2.11. The van der Waals surface area contributed by atoms with Gasteiger partial charge in [0.05, 0.1) is 0 Å². The van der Waals surface area contributed by atoms with Gasteiger partial charge in [-0.05, 0) is 132 Å². The van der Waals surface area contributed by atoms with E-state index in [1.165, 1.54) is 46.6 Å². The van der Waals surface area contributed by atoms with E-state index >= 15 is 0 Å². The van der Waals surface area contributed by atoms with Crippen molar-refractivity contribution < 1.29 is 0 Å². The minimum absolute atomic E-state index is 0.260. The molecule has 0 radical (unpaired) electrons. The topological polar surface area (TPSA) is 15.6 Å². The summed E-state index contributed by atoms with van der Waals surface area (Å²) in [6.45, 7) is 11.4. The van der Waals surface area contributed by atoms with Crippen LogP contribution in [0.4, 0.5) is 0 Å². The number of allylic oxidation sites excluding steroid dienone is 6. The van der Waals surface area contributed by atoms with Gasteiger partial charge in [-0.1, -0.05) is 98.3 Å². The molecule has 0 amide bonds. The summed E-state index contributed by atoms with van der Waals surface area (Å²) in [6.07, 6.45) is 22.6. The molecule has 0 aliphatic heterocycles. The van der Waals surface area contributed by atoms with Crippen LogP contribution in [0.1, 0.15) is 70.4 Å². The van der Waals surface area contributed by atoms with Gasteiger partial charge in [-0.3, -0.25) is 4.99 Å². The Morgan fingerprint density at radius 2 is 1.72 bits per heavy atom. The van der Waals surface area contributed by atoms with Crippen LogP contribution in [-0.2, 0) is 6.42 Å². The van der Waals surface area contributed by atoms with E-state index in [-0.39, 0.29) is 6.17 Å². The van der Waals surface area contributed by atoms with E-state index in [4.69, 9.17) is 18.0 Å². The minimum atomic E-state index is -0.260. The van der Waals surface area contributed by atoms with Gasteiger partial charge in [-0.2, -0.15) is 0 Å². The molecular formula is C50H44N2S2. The van der Waals surface area contributed by atoms with Crippen LogP contribution >= 0.6 is 22.7 Å². The highest BCUT2D eigenvalue weighted by Crippen LogP contribution is 2.40. The fourth-order valence-corrected chi connectivity index (χ4v) is 9.88. The highest BCUT2D eigenvalue weighted by Gasteiger charge is 2.22. The lowest BCUT2D eigenvalue weighted by atomic mass is 9.90. The second kappa shape index (κ2) is 15.1. The largest absolute Gasteiger partial charge is 0.349 e. The van der Waals surface area contributed by atoms with Crippen LogP contribution in [0.15, 0.2) is 132 Å². The maximum atomic E-state index is 6.43. The fourth-order valence-electron chi connectivity index (χ4n) is 7.71. The molecule has 0 spiro atoms. The third kappa shape index (κ3) is 6.98. The molecule has 0 bridgehead atoms. The first-order valence-corrected chi connectivity index (χ1v) is 20.3. The number of terminal acetylenes is 1. The van der Waals surface area contributed by atoms with E-state index in [0.29, 0.717) is 5.92 Å². The number of fused-ring (bicyclic) bond motifs is 4. The Morgan fingerprint density at radius 3 is 2.52 bits per heavy atom. The van der Waals surface area contributed by atoms with Gasteiger partial charge in [-0.25, -0.2) is 0 Å². The number of aliphatic imine (C=N–C) groups is 1. The molecule has 0 saturated heterocycles. The molecule has 0 fully saturated rings. The summed E-state index contributed by atoms with van der Waals surface area (Å²) in [5.41, 5.74) is 12.1. The Morgan fingerprint density at radius 1 is 0.944 bits per heavy atom. The third-order valence-corrected chi connectivity index (χ3v) is 13.1. The van der Waals surface area contributed by atoms with Crippen LogP contribution in [0.2, 0.25) is 0 Å². The monoisotopic (exact) mass is 736 g/mol. The second-order valence-corrected chi connectivity index (χ2v) is 16.8. The lowest BCUT2D eigenvalue weighted by Crippen LogP contribution is -2.23. The number of hydrogen-bond donors (Lipinski definition) is 0. The van der Waals surface area contributed by atoms with Crippen molar-refractivity contribution in [2.24, 2.45) is 10.9 Å². The molecule has 6 aromatic rings. The van der Waals surface area contributed by atoms with Crippen molar-refractivity contribution in [2.75, 3.05) is 7.05 Å². The van der Waals surface area contributed by atoms with Gasteiger partial charge in [0, 0.05) is 54.0 Å². The van der Waals surface area contributed by atoms with E-state index < -0.39 is 0 Å². The molecule has 2 heterocycles. The first-order chi connectivity index (χ1) is 26.3. The van der Waals surface area contributed by atoms with Crippen LogP contribution < -0.4 is 0 Å². The summed E-state index contributed by atoms with van der Waals surface area (Å²) < 4.78 is 2.58. The third-order valence-electron chi connectivity index (χ3n) is 10.8. The number of nitrogens with zero attached hydrogens (tertiary/aromatic N) is 2. The quantitative estimate of drug-likeness (QED) is 0.107. The van der Waals surface area contributed by atoms with Gasteiger partial charge in [0.25, 0.3) is 0 Å². The van der Waals surface area contributed by atoms with Crippen molar-refractivity contribution in [3.8, 4) is 23.5 Å². The average molecular weight is 737 g/mol. The van der Waals surface area contributed by atoms with E-state index in [2.05, 4.69) is 166 Å². The standard InChI is InChI=1S/C50H44N2S2/c1-7-36(30-44-35(5)53-48-24-22-32(2)26-45(44)48)41-27-40(28-42(29-41)39-23-25-49-46(31-39)43-20-14-15-21-47(43)54-49)34(4)52(6)50(38-18-12-9-13-19-38)51-33(3)37-16-10-8-11-17-37/h1,8-10,12-16,18-25,27-32,50H,4,11,17,26H2,2-3,5-6H3/b36-30+,51-33+. The highest BCUT2D eigenvalue weighted by molar-refractivity contribution is 7.25. The fraction of sp³-hybridized carbons (Fsp3) is 0.180. The minimum Gasteiger partial charge on any atom is -0.349 e. The molecule has 2 nitrogen and oxygen atoms in total. The summed E-state index contributed by atoms with van der Waals surface area (Å²) >= 11 is 3.70. The van der Waals surface area contributed by atoms with Crippen LogP contribution in [0.3, 0.4) is 0 Å². The molecular weight excluding hydrogens is 693 g/mol. The smallest absolute Gasteiger partial charge is 0.147 e. The maximum absolute atomic E-state index is 6.43. The Balaban J connectivity index is 1.27. The maximum Gasteiger partial charge on any atom is 0.147 e. The predicted octanol–water partition coefficient (Wildman–Crippen LogP) is 13.8. The SMILES string of the molecule is C#C/C(=C\c1c(C)sc2c1CC(C)C=C2)c1cc(C(=C)N(C)C(/N=C(\C)C2=CC=CCC2)c2ccccc2)cc(-c2ccc3sc4ccccc4c3c2)c1. The van der Waals surface area contributed by atoms with Gasteiger partial charge in [0.1, 0.15) is 6.17 Å². The Hall–Kier alpha value is -5.47. The molecule has 266 valence electrons. The van der Waals surface area contributed by atoms with Gasteiger partial charge in [0.2, 0.25) is 0 Å². The Bertz CT molecular complexity index is 2610. The van der Waals surface area contributed by atoms with Crippen molar-refractivity contribution >= 4 is 72.0 Å². The number of rotatable bonds is 9. The molecule has 4 aromatic carbocycles. The van der Waals surface area contributed by atoms with Crippen molar-refractivity contribution in [1.29, 1.82) is 0 Å². The lowest BCUT2D eigenvalue weighted by Gasteiger charge is -2.30. The predicted molar refractivity (Wildman–Crippen MR) is 238 cm³/mol. The van der Waals surface area contributed by atoms with Crippen LogP contribution in [-0.4, -0.2) is 17.7 Å². The lowest BCUT2D eigenvalue weighted by molar-refractivity contribution is 0.368. The van der Waals surface area contributed by atoms with Crippen molar-refractivity contribution in [2.45, 2.75) is 46.2 Å². The van der Waals surface area contributed by atoms with Crippen LogP contribution in [0.25, 0.3) is 54.7 Å². The van der Waals surface area contributed by atoms with Crippen molar-refractivity contribution in [3.05, 3.63) is 165 Å². The molecule has 54 heavy (non-hydrogen) atoms. The molecule has 0 N–H and O–H groups in total. The molecule has 2 aliphatic rings. The van der Waals surface area contributed by atoms with E-state index in [9.17, 15) is 0 Å². The summed E-state index contributed by atoms with van der Waals surface area (Å²) in [6, 6.07) is 32.8. The molecule has 8 rings (SSSR count). The van der Waals surface area contributed by atoms with E-state index in [1.54, 1.807) is 0 Å². The second-order valence-electron chi connectivity index (χ2n) is 14.5. The van der Waals surface area contributed by atoms with Gasteiger partial charge in [0.15, 0.2) is 0 Å². The van der Waals surface area contributed by atoms with Gasteiger partial charge >= 0.3 is 0 Å². The Kier molecular flexibility index (Phi) is 9.95. The summed E-state index contributed by atoms with van der Waals surface area (Å²) in [4.78, 5) is 10.2. The average Bonchev–Trinajstić information content (AvgIpc) is 3.74. The number of thiophene rings is 2. The number of hydrogen-bond acceptors (Lipinski definition) is 4. The first kappa shape index (κ1) is 35.6. The van der Waals surface area contributed by atoms with Crippen LogP contribution in [0, 0.1) is 25.2 Å². The van der Waals surface area contributed by atoms with Gasteiger partial charge in [-0.15, -0.1) is 29.1 Å². The zero-order valence-electron chi connectivity index (χ0n) is 31.4. The number of aryl methyl sites for hydroxylation is 1. The molecule has 4 heteroatoms. The summed E-state index contributed by atoms with van der Waals surface area (Å²) in [5, 5.41) is 2.56. The zero-order chi connectivity index (χ0) is 37.3. The van der Waals surface area contributed by atoms with E-state index in [1.807, 2.05) is 22.7 Å².